The second kappa shape index (κ2) is 6.56. The highest BCUT2D eigenvalue weighted by Gasteiger charge is 2.43. The molecule has 1 aliphatic rings. The van der Waals surface area contributed by atoms with E-state index in [1.807, 2.05) is 30.3 Å². The third-order valence-corrected chi connectivity index (χ3v) is 4.73. The van der Waals surface area contributed by atoms with Crippen molar-refractivity contribution < 1.29 is 15.0 Å². The largest absolute Gasteiger partial charge is 0.396 e. The number of carbonyl (C=O) groups excluding carboxylic acids is 1. The summed E-state index contributed by atoms with van der Waals surface area (Å²) >= 11 is 0. The van der Waals surface area contributed by atoms with Gasteiger partial charge in [0.05, 0.1) is 18.3 Å². The van der Waals surface area contributed by atoms with Crippen LogP contribution in [0.4, 0.5) is 0 Å². The summed E-state index contributed by atoms with van der Waals surface area (Å²) in [4.78, 5) is 17.2. The molecule has 1 aromatic heterocycles. The first-order chi connectivity index (χ1) is 11.1. The highest BCUT2D eigenvalue weighted by atomic mass is 16.3. The fourth-order valence-electron chi connectivity index (χ4n) is 3.35. The SMILES string of the molecule is O=C(c1cc[nH]c1)N1CC[C@H](O)[C@](CO)(Cc2ccccc2)C1. The van der Waals surface area contributed by atoms with Crippen LogP contribution < -0.4 is 0 Å². The molecule has 3 rings (SSSR count). The molecule has 0 saturated carbocycles. The van der Waals surface area contributed by atoms with Crippen LogP contribution in [0.15, 0.2) is 48.8 Å². The quantitative estimate of drug-likeness (QED) is 0.799. The van der Waals surface area contributed by atoms with Crippen molar-refractivity contribution in [2.75, 3.05) is 19.7 Å². The van der Waals surface area contributed by atoms with Crippen molar-refractivity contribution in [2.24, 2.45) is 5.41 Å². The molecule has 2 atom stereocenters. The molecule has 2 aromatic rings. The summed E-state index contributed by atoms with van der Waals surface area (Å²) in [7, 11) is 0. The van der Waals surface area contributed by atoms with Gasteiger partial charge in [-0.2, -0.15) is 0 Å². The second-order valence-corrected chi connectivity index (χ2v) is 6.31. The summed E-state index contributed by atoms with van der Waals surface area (Å²) < 4.78 is 0. The summed E-state index contributed by atoms with van der Waals surface area (Å²) in [5, 5.41) is 20.5. The van der Waals surface area contributed by atoms with E-state index in [1.165, 1.54) is 0 Å². The lowest BCUT2D eigenvalue weighted by atomic mass is 9.73. The molecule has 1 saturated heterocycles. The van der Waals surface area contributed by atoms with Crippen molar-refractivity contribution in [1.29, 1.82) is 0 Å². The van der Waals surface area contributed by atoms with Gasteiger partial charge in [-0.15, -0.1) is 0 Å². The van der Waals surface area contributed by atoms with Crippen LogP contribution in [0.25, 0.3) is 0 Å². The number of nitrogens with zero attached hydrogens (tertiary/aromatic N) is 1. The molecular formula is C18H22N2O3. The van der Waals surface area contributed by atoms with Crippen LogP contribution in [-0.4, -0.2) is 51.8 Å². The zero-order valence-corrected chi connectivity index (χ0v) is 13.0. The van der Waals surface area contributed by atoms with Gasteiger partial charge in [-0.25, -0.2) is 0 Å². The number of aliphatic hydroxyl groups excluding tert-OH is 2. The topological polar surface area (TPSA) is 76.6 Å². The maximum atomic E-state index is 12.6. The molecule has 0 radical (unpaired) electrons. The monoisotopic (exact) mass is 314 g/mol. The Morgan fingerprint density at radius 3 is 2.74 bits per heavy atom. The number of H-pyrrole nitrogens is 1. The van der Waals surface area contributed by atoms with Crippen molar-refractivity contribution in [3.8, 4) is 0 Å². The van der Waals surface area contributed by atoms with Gasteiger partial charge in [-0.3, -0.25) is 4.79 Å². The maximum Gasteiger partial charge on any atom is 0.255 e. The highest BCUT2D eigenvalue weighted by molar-refractivity contribution is 5.94. The Bertz CT molecular complexity index is 642. The van der Waals surface area contributed by atoms with Crippen LogP contribution in [0.1, 0.15) is 22.3 Å². The summed E-state index contributed by atoms with van der Waals surface area (Å²) in [6.07, 6.45) is 3.79. The van der Waals surface area contributed by atoms with Crippen molar-refractivity contribution >= 4 is 5.91 Å². The van der Waals surface area contributed by atoms with E-state index in [0.717, 1.165) is 5.56 Å². The van der Waals surface area contributed by atoms with E-state index in [-0.39, 0.29) is 12.5 Å². The number of hydrogen-bond donors (Lipinski definition) is 3. The predicted molar refractivity (Wildman–Crippen MR) is 87.0 cm³/mol. The average molecular weight is 314 g/mol. The molecule has 122 valence electrons. The second-order valence-electron chi connectivity index (χ2n) is 6.31. The molecule has 0 bridgehead atoms. The fraction of sp³-hybridized carbons (Fsp3) is 0.389. The van der Waals surface area contributed by atoms with Gasteiger partial charge in [0.25, 0.3) is 5.91 Å². The number of piperidine rings is 1. The van der Waals surface area contributed by atoms with Gasteiger partial charge < -0.3 is 20.1 Å². The number of aliphatic hydroxyl groups is 2. The van der Waals surface area contributed by atoms with Crippen LogP contribution in [0.3, 0.4) is 0 Å². The average Bonchev–Trinajstić information content (AvgIpc) is 3.12. The molecule has 0 spiro atoms. The van der Waals surface area contributed by atoms with Crippen molar-refractivity contribution in [2.45, 2.75) is 18.9 Å². The molecule has 1 aromatic carbocycles. The van der Waals surface area contributed by atoms with Crippen molar-refractivity contribution in [3.05, 3.63) is 59.9 Å². The first-order valence-corrected chi connectivity index (χ1v) is 7.89. The van der Waals surface area contributed by atoms with Gasteiger partial charge in [0.1, 0.15) is 0 Å². The number of aromatic nitrogens is 1. The van der Waals surface area contributed by atoms with Crippen molar-refractivity contribution in [3.63, 3.8) is 0 Å². The molecule has 1 fully saturated rings. The zero-order valence-electron chi connectivity index (χ0n) is 13.0. The van der Waals surface area contributed by atoms with Gasteiger partial charge in [0, 0.05) is 30.9 Å². The summed E-state index contributed by atoms with van der Waals surface area (Å²) in [6, 6.07) is 11.5. The minimum absolute atomic E-state index is 0.0657. The number of rotatable bonds is 4. The van der Waals surface area contributed by atoms with E-state index in [0.29, 0.717) is 31.5 Å². The Hall–Kier alpha value is -2.11. The van der Waals surface area contributed by atoms with E-state index < -0.39 is 11.5 Å². The molecule has 2 heterocycles. The molecule has 1 aliphatic heterocycles. The van der Waals surface area contributed by atoms with Gasteiger partial charge >= 0.3 is 0 Å². The van der Waals surface area contributed by atoms with Crippen LogP contribution >= 0.6 is 0 Å². The smallest absolute Gasteiger partial charge is 0.255 e. The molecule has 23 heavy (non-hydrogen) atoms. The van der Waals surface area contributed by atoms with Crippen LogP contribution in [-0.2, 0) is 6.42 Å². The molecular weight excluding hydrogens is 292 g/mol. The number of benzene rings is 1. The number of likely N-dealkylation sites (tertiary alicyclic amines) is 1. The summed E-state index contributed by atoms with van der Waals surface area (Å²) in [5.74, 6) is -0.0657. The Morgan fingerprint density at radius 2 is 2.09 bits per heavy atom. The van der Waals surface area contributed by atoms with E-state index in [9.17, 15) is 15.0 Å². The summed E-state index contributed by atoms with van der Waals surface area (Å²) in [6.45, 7) is 0.700. The van der Waals surface area contributed by atoms with Crippen LogP contribution in [0.5, 0.6) is 0 Å². The lowest BCUT2D eigenvalue weighted by Crippen LogP contribution is -2.56. The zero-order chi connectivity index (χ0) is 16.3. The molecule has 5 nitrogen and oxygen atoms in total. The Kier molecular flexibility index (Phi) is 4.50. The third-order valence-electron chi connectivity index (χ3n) is 4.73. The number of nitrogens with one attached hydrogen (secondary N) is 1. The van der Waals surface area contributed by atoms with E-state index in [1.54, 1.807) is 23.4 Å². The standard InChI is InChI=1S/C18H22N2O3/c21-13-18(10-14-4-2-1-3-5-14)12-20(9-7-16(18)22)17(23)15-6-8-19-11-15/h1-6,8,11,16,19,21-22H,7,9-10,12-13H2/t16-,18+/m0/s1. The molecule has 1 amide bonds. The normalized spacial score (nSPS) is 24.6. The molecule has 0 aliphatic carbocycles. The van der Waals surface area contributed by atoms with E-state index in [2.05, 4.69) is 4.98 Å². The third kappa shape index (κ3) is 3.16. The van der Waals surface area contributed by atoms with Gasteiger partial charge in [0.15, 0.2) is 0 Å². The lowest BCUT2D eigenvalue weighted by Gasteiger charge is -2.45. The molecule has 0 unspecified atom stereocenters. The van der Waals surface area contributed by atoms with Crippen LogP contribution in [0, 0.1) is 5.41 Å². The Balaban J connectivity index is 1.82. The number of aromatic amines is 1. The lowest BCUT2D eigenvalue weighted by molar-refractivity contribution is -0.0668. The van der Waals surface area contributed by atoms with E-state index in [4.69, 9.17) is 0 Å². The number of amides is 1. The highest BCUT2D eigenvalue weighted by Crippen LogP contribution is 2.34. The van der Waals surface area contributed by atoms with Crippen LogP contribution in [0.2, 0.25) is 0 Å². The maximum absolute atomic E-state index is 12.6. The van der Waals surface area contributed by atoms with Gasteiger partial charge in [-0.05, 0) is 24.5 Å². The first-order valence-electron chi connectivity index (χ1n) is 7.89. The predicted octanol–water partition coefficient (Wildman–Crippen LogP) is 1.44. The number of carbonyl (C=O) groups is 1. The molecule has 5 heteroatoms. The van der Waals surface area contributed by atoms with Gasteiger partial charge in [-0.1, -0.05) is 30.3 Å². The Morgan fingerprint density at radius 1 is 1.30 bits per heavy atom. The number of hydrogen-bond acceptors (Lipinski definition) is 3. The molecule has 3 N–H and O–H groups in total. The van der Waals surface area contributed by atoms with E-state index >= 15 is 0 Å². The van der Waals surface area contributed by atoms with Gasteiger partial charge in [0.2, 0.25) is 0 Å². The Labute approximate surface area is 135 Å². The first kappa shape index (κ1) is 15.8. The summed E-state index contributed by atoms with van der Waals surface area (Å²) in [5.41, 5.74) is 0.940. The van der Waals surface area contributed by atoms with Crippen molar-refractivity contribution in [1.82, 2.24) is 9.88 Å². The minimum atomic E-state index is -0.717. The minimum Gasteiger partial charge on any atom is -0.396 e. The fourth-order valence-corrected chi connectivity index (χ4v) is 3.35.